The van der Waals surface area contributed by atoms with Crippen LogP contribution in [0.3, 0.4) is 0 Å². The minimum atomic E-state index is 0.375. The number of nitrogens with one attached hydrogen (secondary N) is 2. The lowest BCUT2D eigenvalue weighted by Crippen LogP contribution is -2.23. The van der Waals surface area contributed by atoms with E-state index in [0.29, 0.717) is 17.2 Å². The minimum absolute atomic E-state index is 0.375. The third-order valence-corrected chi connectivity index (χ3v) is 7.18. The molecule has 5 rings (SSSR count). The van der Waals surface area contributed by atoms with Crippen LogP contribution >= 0.6 is 11.6 Å². The summed E-state index contributed by atoms with van der Waals surface area (Å²) >= 11 is 6.13. The van der Waals surface area contributed by atoms with E-state index >= 15 is 0 Å². The van der Waals surface area contributed by atoms with Gasteiger partial charge in [0, 0.05) is 36.2 Å². The summed E-state index contributed by atoms with van der Waals surface area (Å²) in [6.07, 6.45) is 1.85. The van der Waals surface area contributed by atoms with E-state index in [1.807, 2.05) is 52.7 Å². The second-order valence-electron chi connectivity index (χ2n) is 9.86. The Kier molecular flexibility index (Phi) is 7.06. The molecule has 0 aliphatic rings. The van der Waals surface area contributed by atoms with Gasteiger partial charge in [-0.05, 0) is 86.4 Å². The first kappa shape index (κ1) is 25.7. The lowest BCUT2D eigenvalue weighted by atomic mass is 10.0. The number of imidazole rings is 1. The molecule has 194 valence electrons. The predicted octanol–water partition coefficient (Wildman–Crippen LogP) is 5.80. The van der Waals surface area contributed by atoms with Crippen LogP contribution in [0.2, 0.25) is 5.02 Å². The number of aliphatic imine (C=N–C) groups is 1. The van der Waals surface area contributed by atoms with Crippen molar-refractivity contribution in [3.05, 3.63) is 82.6 Å². The lowest BCUT2D eigenvalue weighted by molar-refractivity contribution is 0.425. The smallest absolute Gasteiger partial charge is 0.207 e. The molecule has 38 heavy (non-hydrogen) atoms. The molecule has 0 aliphatic carbocycles. The molecule has 0 atom stereocenters. The van der Waals surface area contributed by atoms with Crippen molar-refractivity contribution in [3.63, 3.8) is 0 Å². The van der Waals surface area contributed by atoms with E-state index in [4.69, 9.17) is 22.0 Å². The Bertz CT molecular complexity index is 1710. The molecule has 2 N–H and O–H groups in total. The van der Waals surface area contributed by atoms with Crippen molar-refractivity contribution in [3.8, 4) is 16.8 Å². The van der Waals surface area contributed by atoms with Crippen LogP contribution in [0.4, 0.5) is 5.69 Å². The van der Waals surface area contributed by atoms with E-state index in [1.165, 1.54) is 0 Å². The molecule has 0 aliphatic heterocycles. The molecule has 8 heteroatoms. The molecule has 2 heterocycles. The van der Waals surface area contributed by atoms with Crippen LogP contribution in [0.25, 0.3) is 38.8 Å². The van der Waals surface area contributed by atoms with Crippen molar-refractivity contribution in [2.75, 3.05) is 32.5 Å². The summed E-state index contributed by atoms with van der Waals surface area (Å²) in [5.41, 5.74) is 9.34. The average molecular weight is 526 g/mol. The zero-order valence-corrected chi connectivity index (χ0v) is 23.0. The molecule has 0 amide bonds. The topological polar surface area (TPSA) is 74.2 Å². The van der Waals surface area contributed by atoms with Crippen molar-refractivity contribution in [1.29, 1.82) is 5.41 Å². The van der Waals surface area contributed by atoms with Gasteiger partial charge in [-0.1, -0.05) is 29.8 Å². The average Bonchev–Trinajstić information content (AvgIpc) is 3.15. The van der Waals surface area contributed by atoms with Crippen molar-refractivity contribution in [1.82, 2.24) is 19.0 Å². The molecule has 0 saturated carbocycles. The largest absolute Gasteiger partial charge is 0.383 e. The highest BCUT2D eigenvalue weighted by atomic mass is 35.5. The molecule has 3 aromatic carbocycles. The number of hydrogen-bond acceptors (Lipinski definition) is 5. The Morgan fingerprint density at radius 1 is 1.08 bits per heavy atom. The first-order valence-electron chi connectivity index (χ1n) is 12.5. The number of benzene rings is 3. The zero-order chi connectivity index (χ0) is 27.0. The van der Waals surface area contributed by atoms with E-state index in [-0.39, 0.29) is 0 Å². The van der Waals surface area contributed by atoms with Crippen molar-refractivity contribution in [2.24, 2.45) is 12.0 Å². The van der Waals surface area contributed by atoms with Gasteiger partial charge in [-0.25, -0.2) is 0 Å². The number of fused-ring (bicyclic) bond motifs is 3. The third kappa shape index (κ3) is 4.71. The summed E-state index contributed by atoms with van der Waals surface area (Å²) in [5.74, 6) is 0. The first-order chi connectivity index (χ1) is 18.3. The maximum atomic E-state index is 9.09. The predicted molar refractivity (Wildman–Crippen MR) is 159 cm³/mol. The molecular formula is C30H32ClN7. The molecule has 0 unspecified atom stereocenters. The van der Waals surface area contributed by atoms with Gasteiger partial charge in [0.2, 0.25) is 5.62 Å². The van der Waals surface area contributed by atoms with Crippen molar-refractivity contribution in [2.45, 2.75) is 13.5 Å². The van der Waals surface area contributed by atoms with Crippen LogP contribution in [0, 0.1) is 12.3 Å². The summed E-state index contributed by atoms with van der Waals surface area (Å²) in [6.45, 7) is 8.06. The van der Waals surface area contributed by atoms with Gasteiger partial charge in [0.1, 0.15) is 0 Å². The van der Waals surface area contributed by atoms with Gasteiger partial charge >= 0.3 is 0 Å². The molecule has 2 aromatic heterocycles. The SMILES string of the molecule is C=NCc1cc(-n2c(=N)n(C)c3cnc4ccc(-c5ccc(Cl)cc5)cc4c32)c(C)cc1NCCN(C)C. The Balaban J connectivity index is 1.74. The van der Waals surface area contributed by atoms with Gasteiger partial charge < -0.3 is 14.8 Å². The molecule has 0 saturated heterocycles. The van der Waals surface area contributed by atoms with E-state index in [2.05, 4.69) is 67.2 Å². The second kappa shape index (κ2) is 10.4. The fraction of sp³-hybridized carbons (Fsp3) is 0.233. The first-order valence-corrected chi connectivity index (χ1v) is 12.9. The maximum Gasteiger partial charge on any atom is 0.207 e. The van der Waals surface area contributed by atoms with E-state index in [0.717, 1.165) is 68.7 Å². The van der Waals surface area contributed by atoms with Crippen molar-refractivity contribution >= 4 is 45.9 Å². The molecular weight excluding hydrogens is 494 g/mol. The van der Waals surface area contributed by atoms with E-state index in [1.54, 1.807) is 0 Å². The van der Waals surface area contributed by atoms with Crippen LogP contribution < -0.4 is 10.9 Å². The highest BCUT2D eigenvalue weighted by Crippen LogP contribution is 2.32. The van der Waals surface area contributed by atoms with Crippen LogP contribution in [0.15, 0.2) is 65.8 Å². The molecule has 7 nitrogen and oxygen atoms in total. The number of likely N-dealkylation sites (N-methyl/N-ethyl adjacent to an activating group) is 1. The number of aryl methyl sites for hydroxylation is 2. The highest BCUT2D eigenvalue weighted by Gasteiger charge is 2.18. The van der Waals surface area contributed by atoms with Gasteiger partial charge in [0.15, 0.2) is 0 Å². The number of anilines is 1. The summed E-state index contributed by atoms with van der Waals surface area (Å²) in [6, 6.07) is 18.4. The summed E-state index contributed by atoms with van der Waals surface area (Å²) < 4.78 is 3.90. The van der Waals surface area contributed by atoms with Gasteiger partial charge in [-0.15, -0.1) is 0 Å². The number of pyridine rings is 1. The Morgan fingerprint density at radius 2 is 1.82 bits per heavy atom. The molecule has 0 spiro atoms. The number of rotatable bonds is 8. The normalized spacial score (nSPS) is 11.5. The Morgan fingerprint density at radius 3 is 2.53 bits per heavy atom. The van der Waals surface area contributed by atoms with Crippen LogP contribution in [-0.2, 0) is 13.6 Å². The monoisotopic (exact) mass is 525 g/mol. The number of nitrogens with zero attached hydrogens (tertiary/aromatic N) is 5. The number of aromatic nitrogens is 3. The van der Waals surface area contributed by atoms with Gasteiger partial charge in [-0.2, -0.15) is 0 Å². The fourth-order valence-corrected chi connectivity index (χ4v) is 5.01. The second-order valence-corrected chi connectivity index (χ2v) is 10.3. The molecule has 5 aromatic rings. The van der Waals surface area contributed by atoms with Crippen LogP contribution in [0.1, 0.15) is 11.1 Å². The minimum Gasteiger partial charge on any atom is -0.383 e. The van der Waals surface area contributed by atoms with E-state index < -0.39 is 0 Å². The standard InChI is InChI=1S/C30H32ClN7/c1-19-14-26(34-12-13-36(3)4)22(17-33-2)16-27(19)38-29-24-15-21(20-6-9-23(31)10-7-20)8-11-25(24)35-18-28(29)37(5)30(38)32/h6-11,14-16,18,32,34H,2,12-13,17H2,1,3-5H3. The quantitative estimate of drug-likeness (QED) is 0.251. The van der Waals surface area contributed by atoms with Crippen LogP contribution in [0.5, 0.6) is 0 Å². The third-order valence-electron chi connectivity index (χ3n) is 6.93. The summed E-state index contributed by atoms with van der Waals surface area (Å²) in [4.78, 5) is 11.1. The molecule has 0 radical (unpaired) electrons. The Hall–Kier alpha value is -3.94. The summed E-state index contributed by atoms with van der Waals surface area (Å²) in [7, 11) is 6.04. The van der Waals surface area contributed by atoms with Gasteiger partial charge in [-0.3, -0.25) is 20.0 Å². The molecule has 0 fully saturated rings. The van der Waals surface area contributed by atoms with Gasteiger partial charge in [0.05, 0.1) is 35.0 Å². The zero-order valence-electron chi connectivity index (χ0n) is 22.2. The Labute approximate surface area is 227 Å². The van der Waals surface area contributed by atoms with E-state index in [9.17, 15) is 0 Å². The number of hydrogen-bond donors (Lipinski definition) is 2. The summed E-state index contributed by atoms with van der Waals surface area (Å²) in [5, 5.41) is 14.3. The lowest BCUT2D eigenvalue weighted by Gasteiger charge is -2.18. The number of halogens is 1. The fourth-order valence-electron chi connectivity index (χ4n) is 4.89. The molecule has 0 bridgehead atoms. The van der Waals surface area contributed by atoms with Crippen molar-refractivity contribution < 1.29 is 0 Å². The van der Waals surface area contributed by atoms with Gasteiger partial charge in [0.25, 0.3) is 0 Å². The highest BCUT2D eigenvalue weighted by molar-refractivity contribution is 6.30. The van der Waals surface area contributed by atoms with Crippen LogP contribution in [-0.4, -0.2) is 52.9 Å². The maximum absolute atomic E-state index is 9.09.